The number of amides is 1. The van der Waals surface area contributed by atoms with Crippen molar-refractivity contribution in [2.45, 2.75) is 51.3 Å². The molecule has 1 aromatic rings. The van der Waals surface area contributed by atoms with E-state index in [0.717, 1.165) is 25.7 Å². The Hall–Kier alpha value is -1.40. The van der Waals surface area contributed by atoms with E-state index in [0.29, 0.717) is 25.2 Å². The van der Waals surface area contributed by atoms with Crippen molar-refractivity contribution in [1.29, 1.82) is 0 Å². The van der Waals surface area contributed by atoms with Crippen LogP contribution < -0.4 is 0 Å². The predicted octanol–water partition coefficient (Wildman–Crippen LogP) is 3.37. The van der Waals surface area contributed by atoms with Crippen molar-refractivity contribution in [2.24, 2.45) is 0 Å². The second-order valence-electron chi connectivity index (χ2n) is 6.00. The Morgan fingerprint density at radius 1 is 0.917 bits per heavy atom. The Kier molecular flexibility index (Phi) is 8.42. The lowest BCUT2D eigenvalue weighted by Crippen LogP contribution is -2.32. The maximum atomic E-state index is 12.5. The molecular formula is C18H30N2O3S. The van der Waals surface area contributed by atoms with Gasteiger partial charge in [-0.15, -0.1) is 0 Å². The molecule has 0 bridgehead atoms. The third kappa shape index (κ3) is 5.31. The van der Waals surface area contributed by atoms with Crippen LogP contribution in [0.25, 0.3) is 0 Å². The fourth-order valence-electron chi connectivity index (χ4n) is 2.49. The summed E-state index contributed by atoms with van der Waals surface area (Å²) in [5, 5.41) is 0. The van der Waals surface area contributed by atoms with Gasteiger partial charge in [-0.3, -0.25) is 4.79 Å². The van der Waals surface area contributed by atoms with E-state index < -0.39 is 10.0 Å². The van der Waals surface area contributed by atoms with E-state index in [2.05, 4.69) is 0 Å². The van der Waals surface area contributed by atoms with Crippen LogP contribution in [0.5, 0.6) is 0 Å². The lowest BCUT2D eigenvalue weighted by Gasteiger charge is -2.22. The molecule has 0 N–H and O–H groups in total. The minimum absolute atomic E-state index is 0.0398. The number of benzene rings is 1. The molecule has 1 amide bonds. The van der Waals surface area contributed by atoms with Crippen LogP contribution in [0.4, 0.5) is 0 Å². The number of rotatable bonds is 10. The van der Waals surface area contributed by atoms with Gasteiger partial charge in [0, 0.05) is 32.2 Å². The molecule has 0 aromatic heterocycles. The van der Waals surface area contributed by atoms with E-state index in [9.17, 15) is 13.2 Å². The highest BCUT2D eigenvalue weighted by Gasteiger charge is 2.21. The van der Waals surface area contributed by atoms with Gasteiger partial charge in [-0.2, -0.15) is 0 Å². The molecule has 0 saturated carbocycles. The highest BCUT2D eigenvalue weighted by atomic mass is 32.2. The molecule has 0 aliphatic rings. The third-order valence-corrected chi connectivity index (χ3v) is 5.78. The molecule has 0 saturated heterocycles. The lowest BCUT2D eigenvalue weighted by atomic mass is 10.2. The molecule has 0 radical (unpaired) electrons. The second kappa shape index (κ2) is 9.79. The van der Waals surface area contributed by atoms with E-state index in [1.54, 1.807) is 19.2 Å². The molecular weight excluding hydrogens is 324 g/mol. The van der Waals surface area contributed by atoms with Crippen LogP contribution in [0.3, 0.4) is 0 Å². The van der Waals surface area contributed by atoms with Gasteiger partial charge in [0.25, 0.3) is 5.91 Å². The second-order valence-corrected chi connectivity index (χ2v) is 8.04. The Morgan fingerprint density at radius 2 is 1.46 bits per heavy atom. The Morgan fingerprint density at radius 3 is 1.92 bits per heavy atom. The van der Waals surface area contributed by atoms with Gasteiger partial charge in [-0.25, -0.2) is 12.7 Å². The Labute approximate surface area is 146 Å². The van der Waals surface area contributed by atoms with Crippen LogP contribution in [0.15, 0.2) is 29.2 Å². The molecule has 0 aliphatic carbocycles. The zero-order valence-corrected chi connectivity index (χ0v) is 16.1. The van der Waals surface area contributed by atoms with Gasteiger partial charge in [0.15, 0.2) is 0 Å². The van der Waals surface area contributed by atoms with Crippen LogP contribution >= 0.6 is 0 Å². The zero-order chi connectivity index (χ0) is 18.2. The fraction of sp³-hybridized carbons (Fsp3) is 0.611. The maximum Gasteiger partial charge on any atom is 0.253 e. The molecule has 24 heavy (non-hydrogen) atoms. The molecule has 0 fully saturated rings. The van der Waals surface area contributed by atoms with Gasteiger partial charge in [0.2, 0.25) is 10.0 Å². The number of unbranched alkanes of at least 4 members (excludes halogenated alkanes) is 1. The van der Waals surface area contributed by atoms with Crippen molar-refractivity contribution < 1.29 is 13.2 Å². The first-order valence-electron chi connectivity index (χ1n) is 8.74. The summed E-state index contributed by atoms with van der Waals surface area (Å²) in [6, 6.07) is 6.28. The molecule has 0 heterocycles. The highest BCUT2D eigenvalue weighted by molar-refractivity contribution is 7.89. The number of sulfonamides is 1. The van der Waals surface area contributed by atoms with Gasteiger partial charge < -0.3 is 4.90 Å². The van der Waals surface area contributed by atoms with E-state index >= 15 is 0 Å². The minimum atomic E-state index is -3.49. The molecule has 5 nitrogen and oxygen atoms in total. The summed E-state index contributed by atoms with van der Waals surface area (Å²) in [5.41, 5.74) is 0.534. The molecule has 0 atom stereocenters. The smallest absolute Gasteiger partial charge is 0.253 e. The van der Waals surface area contributed by atoms with E-state index in [1.165, 1.54) is 16.4 Å². The Balaban J connectivity index is 2.93. The van der Waals surface area contributed by atoms with Gasteiger partial charge in [0.05, 0.1) is 4.90 Å². The average molecular weight is 355 g/mol. The molecule has 1 rings (SSSR count). The third-order valence-electron chi connectivity index (χ3n) is 3.91. The summed E-state index contributed by atoms with van der Waals surface area (Å²) >= 11 is 0. The molecule has 1 aromatic carbocycles. The SMILES string of the molecule is CCCCN(C)S(=O)(=O)c1ccc(C(=O)N(CCC)CCC)cc1. The number of carbonyl (C=O) groups is 1. The highest BCUT2D eigenvalue weighted by Crippen LogP contribution is 2.17. The van der Waals surface area contributed by atoms with Gasteiger partial charge in [0.1, 0.15) is 0 Å². The standard InChI is InChI=1S/C18H30N2O3S/c1-5-8-15-19(4)24(22,23)17-11-9-16(10-12-17)18(21)20(13-6-2)14-7-3/h9-12H,5-8,13-15H2,1-4H3. The van der Waals surface area contributed by atoms with E-state index in [4.69, 9.17) is 0 Å². The summed E-state index contributed by atoms with van der Waals surface area (Å²) in [7, 11) is -1.89. The van der Waals surface area contributed by atoms with Crippen LogP contribution in [0, 0.1) is 0 Å². The number of hydrogen-bond acceptors (Lipinski definition) is 3. The average Bonchev–Trinajstić information content (AvgIpc) is 2.58. The van der Waals surface area contributed by atoms with Crippen molar-refractivity contribution in [3.63, 3.8) is 0 Å². The first kappa shape index (κ1) is 20.6. The summed E-state index contributed by atoms with van der Waals surface area (Å²) < 4.78 is 26.3. The maximum absolute atomic E-state index is 12.5. The summed E-state index contributed by atoms with van der Waals surface area (Å²) in [4.78, 5) is 14.6. The quantitative estimate of drug-likeness (QED) is 0.647. The van der Waals surface area contributed by atoms with Gasteiger partial charge in [-0.1, -0.05) is 27.2 Å². The van der Waals surface area contributed by atoms with Crippen molar-refractivity contribution in [1.82, 2.24) is 9.21 Å². The molecule has 136 valence electrons. The predicted molar refractivity (Wildman–Crippen MR) is 97.7 cm³/mol. The van der Waals surface area contributed by atoms with Crippen LogP contribution in [-0.2, 0) is 10.0 Å². The normalized spacial score (nSPS) is 11.7. The number of hydrogen-bond donors (Lipinski definition) is 0. The number of nitrogens with zero attached hydrogens (tertiary/aromatic N) is 2. The molecule has 0 unspecified atom stereocenters. The van der Waals surface area contributed by atoms with Crippen LogP contribution in [0.1, 0.15) is 56.8 Å². The van der Waals surface area contributed by atoms with Gasteiger partial charge in [-0.05, 0) is 43.5 Å². The topological polar surface area (TPSA) is 57.7 Å². The van der Waals surface area contributed by atoms with Crippen molar-refractivity contribution >= 4 is 15.9 Å². The summed E-state index contributed by atoms with van der Waals surface area (Å²) in [6.07, 6.45) is 3.58. The first-order chi connectivity index (χ1) is 11.4. The fourth-order valence-corrected chi connectivity index (χ4v) is 3.70. The Bertz CT molecular complexity index is 606. The van der Waals surface area contributed by atoms with E-state index in [1.807, 2.05) is 25.7 Å². The molecule has 0 spiro atoms. The van der Waals surface area contributed by atoms with Crippen molar-refractivity contribution in [3.8, 4) is 0 Å². The van der Waals surface area contributed by atoms with Gasteiger partial charge >= 0.3 is 0 Å². The van der Waals surface area contributed by atoms with Crippen LogP contribution in [-0.4, -0.2) is 50.2 Å². The first-order valence-corrected chi connectivity index (χ1v) is 10.2. The molecule has 6 heteroatoms. The molecule has 0 aliphatic heterocycles. The van der Waals surface area contributed by atoms with Crippen molar-refractivity contribution in [2.75, 3.05) is 26.7 Å². The number of carbonyl (C=O) groups excluding carboxylic acids is 1. The lowest BCUT2D eigenvalue weighted by molar-refractivity contribution is 0.0755. The summed E-state index contributed by atoms with van der Waals surface area (Å²) in [5.74, 6) is -0.0398. The monoisotopic (exact) mass is 354 g/mol. The zero-order valence-electron chi connectivity index (χ0n) is 15.3. The summed E-state index contributed by atoms with van der Waals surface area (Å²) in [6.45, 7) is 8.04. The largest absolute Gasteiger partial charge is 0.339 e. The minimum Gasteiger partial charge on any atom is -0.339 e. The van der Waals surface area contributed by atoms with Crippen molar-refractivity contribution in [3.05, 3.63) is 29.8 Å². The van der Waals surface area contributed by atoms with Crippen LogP contribution in [0.2, 0.25) is 0 Å². The van der Waals surface area contributed by atoms with E-state index in [-0.39, 0.29) is 10.8 Å².